The Hall–Kier alpha value is -5.79. The summed E-state index contributed by atoms with van der Waals surface area (Å²) in [4.78, 5) is 47.3. The molecule has 0 aliphatic heterocycles. The monoisotopic (exact) mass is 756 g/mol. The standard InChI is InChI=1S/C22H28N4O2.C19H19F3N4O/c1-14(2)12-19(26-21(27)28-22(3,4)5)20-24-17-7-6-16(13-18(17)25-20)15-8-10-23-11-9-15;1-11(2)9-16(26-18(27)19(20,21)22)17-24-14-4-3-13(10-15(14)25-17)12-5-7-23-8-6-12/h6-11,13-14,19H,12H2,1-5H3,(H,24,25)(H,26,27);3-8,10-11,16H,9H2,1-2H3,(H,24,25)(H,26,27)/t19-;16-/m11/s1. The first kappa shape index (κ1) is 40.4. The molecule has 0 saturated carbocycles. The predicted octanol–water partition coefficient (Wildman–Crippen LogP) is 9.63. The highest BCUT2D eigenvalue weighted by molar-refractivity contribution is 5.84. The van der Waals surface area contributed by atoms with E-state index in [0.29, 0.717) is 29.2 Å². The fourth-order valence-corrected chi connectivity index (χ4v) is 5.95. The van der Waals surface area contributed by atoms with Crippen LogP contribution >= 0.6 is 0 Å². The number of nitrogens with one attached hydrogen (secondary N) is 4. The minimum absolute atomic E-state index is 0.0733. The molecule has 0 unspecified atom stereocenters. The Morgan fingerprint density at radius 3 is 1.45 bits per heavy atom. The van der Waals surface area contributed by atoms with Crippen molar-refractivity contribution >= 4 is 34.1 Å². The molecule has 290 valence electrons. The Labute approximate surface area is 318 Å². The van der Waals surface area contributed by atoms with Gasteiger partial charge in [0.25, 0.3) is 0 Å². The smallest absolute Gasteiger partial charge is 0.444 e. The maximum absolute atomic E-state index is 12.7. The first-order valence-electron chi connectivity index (χ1n) is 18.1. The number of fused-ring (bicyclic) bond motifs is 2. The number of aromatic nitrogens is 6. The lowest BCUT2D eigenvalue weighted by molar-refractivity contribution is -0.174. The Kier molecular flexibility index (Phi) is 12.6. The first-order valence-corrected chi connectivity index (χ1v) is 18.1. The lowest BCUT2D eigenvalue weighted by Gasteiger charge is -2.23. The number of alkyl halides is 3. The lowest BCUT2D eigenvalue weighted by atomic mass is 10.0. The van der Waals surface area contributed by atoms with Crippen molar-refractivity contribution in [2.45, 2.75) is 85.2 Å². The highest BCUT2D eigenvalue weighted by Gasteiger charge is 2.40. The lowest BCUT2D eigenvalue weighted by Crippen LogP contribution is -2.39. The molecule has 6 rings (SSSR count). The van der Waals surface area contributed by atoms with Crippen molar-refractivity contribution in [2.75, 3.05) is 0 Å². The fraction of sp³-hybridized carbons (Fsp3) is 0.366. The van der Waals surface area contributed by atoms with Crippen molar-refractivity contribution in [3.63, 3.8) is 0 Å². The highest BCUT2D eigenvalue weighted by atomic mass is 19.4. The number of imidazole rings is 2. The second-order valence-electron chi connectivity index (χ2n) is 15.2. The third-order valence-electron chi connectivity index (χ3n) is 8.36. The summed E-state index contributed by atoms with van der Waals surface area (Å²) in [6, 6.07) is 18.2. The van der Waals surface area contributed by atoms with Crippen molar-refractivity contribution in [1.82, 2.24) is 40.5 Å². The first-order chi connectivity index (χ1) is 25.9. The number of amides is 2. The molecule has 0 radical (unpaired) electrons. The van der Waals surface area contributed by atoms with Gasteiger partial charge in [-0.1, -0.05) is 39.8 Å². The molecule has 4 aromatic heterocycles. The van der Waals surface area contributed by atoms with Crippen LogP contribution in [0.2, 0.25) is 0 Å². The van der Waals surface area contributed by atoms with E-state index in [1.165, 1.54) is 0 Å². The van der Waals surface area contributed by atoms with Gasteiger partial charge in [-0.15, -0.1) is 0 Å². The zero-order valence-electron chi connectivity index (χ0n) is 32.0. The molecule has 2 amide bonds. The van der Waals surface area contributed by atoms with Crippen LogP contribution in [-0.2, 0) is 9.53 Å². The van der Waals surface area contributed by atoms with Crippen LogP contribution < -0.4 is 10.6 Å². The van der Waals surface area contributed by atoms with E-state index in [1.54, 1.807) is 30.9 Å². The van der Waals surface area contributed by atoms with E-state index in [0.717, 1.165) is 45.5 Å². The summed E-state index contributed by atoms with van der Waals surface area (Å²) in [6.07, 6.45) is 2.65. The molecule has 4 N–H and O–H groups in total. The number of nitrogens with zero attached hydrogens (tertiary/aromatic N) is 4. The van der Waals surface area contributed by atoms with Gasteiger partial charge in [-0.25, -0.2) is 14.8 Å². The number of carbonyl (C=O) groups excluding carboxylic acids is 2. The summed E-state index contributed by atoms with van der Waals surface area (Å²) in [7, 11) is 0. The van der Waals surface area contributed by atoms with Crippen molar-refractivity contribution in [3.8, 4) is 22.3 Å². The second kappa shape index (κ2) is 17.1. The van der Waals surface area contributed by atoms with Gasteiger partial charge in [0, 0.05) is 24.8 Å². The summed E-state index contributed by atoms with van der Waals surface area (Å²) < 4.78 is 43.4. The number of hydrogen-bond donors (Lipinski definition) is 4. The van der Waals surface area contributed by atoms with Gasteiger partial charge < -0.3 is 25.3 Å². The average molecular weight is 757 g/mol. The van der Waals surface area contributed by atoms with Crippen molar-refractivity contribution in [2.24, 2.45) is 11.8 Å². The third kappa shape index (κ3) is 11.4. The van der Waals surface area contributed by atoms with E-state index >= 15 is 0 Å². The quantitative estimate of drug-likeness (QED) is 0.109. The topological polar surface area (TPSA) is 151 Å². The van der Waals surface area contributed by atoms with Crippen LogP contribution in [0.4, 0.5) is 18.0 Å². The number of rotatable bonds is 10. The van der Waals surface area contributed by atoms with Crippen LogP contribution in [0.3, 0.4) is 0 Å². The molecule has 0 aliphatic rings. The minimum Gasteiger partial charge on any atom is -0.444 e. The van der Waals surface area contributed by atoms with Crippen LogP contribution in [-0.4, -0.2) is 53.7 Å². The van der Waals surface area contributed by atoms with Crippen LogP contribution in [0.1, 0.15) is 85.0 Å². The van der Waals surface area contributed by atoms with E-state index < -0.39 is 29.8 Å². The maximum Gasteiger partial charge on any atom is 0.471 e. The summed E-state index contributed by atoms with van der Waals surface area (Å²) in [5.74, 6) is -0.458. The van der Waals surface area contributed by atoms with Crippen LogP contribution in [0.5, 0.6) is 0 Å². The Bertz CT molecular complexity index is 2190. The molecule has 4 heterocycles. The molecule has 0 fully saturated rings. The molecule has 14 heteroatoms. The van der Waals surface area contributed by atoms with Crippen molar-refractivity contribution in [1.29, 1.82) is 0 Å². The minimum atomic E-state index is -4.93. The van der Waals surface area contributed by atoms with Gasteiger partial charge in [0.05, 0.1) is 34.2 Å². The SMILES string of the molecule is CC(C)C[C@@H](NC(=O)C(F)(F)F)c1nc2ccc(-c3ccncc3)cc2[nH]1.CC(C)C[C@@H](NC(=O)OC(C)(C)C)c1nc2ccc(-c3ccncc3)cc2[nH]1. The number of carbonyl (C=O) groups is 2. The Balaban J connectivity index is 0.000000211. The van der Waals surface area contributed by atoms with E-state index in [2.05, 4.69) is 50.2 Å². The number of alkyl carbamates (subject to hydrolysis) is 1. The fourth-order valence-electron chi connectivity index (χ4n) is 5.95. The van der Waals surface area contributed by atoms with Gasteiger partial charge in [-0.2, -0.15) is 13.2 Å². The van der Waals surface area contributed by atoms with Gasteiger partial charge in [0.15, 0.2) is 0 Å². The number of pyridine rings is 2. The summed E-state index contributed by atoms with van der Waals surface area (Å²) in [5.41, 5.74) is 6.65. The van der Waals surface area contributed by atoms with Gasteiger partial charge in [0.2, 0.25) is 0 Å². The Morgan fingerprint density at radius 2 is 1.07 bits per heavy atom. The summed E-state index contributed by atoms with van der Waals surface area (Å²) >= 11 is 0. The van der Waals surface area contributed by atoms with Crippen LogP contribution in [0, 0.1) is 11.8 Å². The molecule has 0 aliphatic carbocycles. The normalized spacial score (nSPS) is 13.0. The van der Waals surface area contributed by atoms with E-state index in [1.807, 2.05) is 88.5 Å². The molecule has 0 saturated heterocycles. The molecule has 2 atom stereocenters. The van der Waals surface area contributed by atoms with Gasteiger partial charge >= 0.3 is 18.2 Å². The Morgan fingerprint density at radius 1 is 0.655 bits per heavy atom. The zero-order chi connectivity index (χ0) is 39.9. The third-order valence-corrected chi connectivity index (χ3v) is 8.36. The second-order valence-corrected chi connectivity index (χ2v) is 15.2. The number of H-pyrrole nitrogens is 2. The summed E-state index contributed by atoms with van der Waals surface area (Å²) in [5, 5.41) is 5.01. The number of hydrogen-bond acceptors (Lipinski definition) is 7. The van der Waals surface area contributed by atoms with Gasteiger partial charge in [0.1, 0.15) is 17.2 Å². The zero-order valence-corrected chi connectivity index (χ0v) is 32.0. The molecular formula is C41H47F3N8O3. The van der Waals surface area contributed by atoms with E-state index in [-0.39, 0.29) is 12.0 Å². The average Bonchev–Trinajstić information content (AvgIpc) is 3.74. The number of aromatic amines is 2. The molecule has 2 aromatic carbocycles. The highest BCUT2D eigenvalue weighted by Crippen LogP contribution is 2.29. The molecule has 11 nitrogen and oxygen atoms in total. The molecular weight excluding hydrogens is 709 g/mol. The predicted molar refractivity (Wildman–Crippen MR) is 207 cm³/mol. The molecule has 55 heavy (non-hydrogen) atoms. The van der Waals surface area contributed by atoms with E-state index in [9.17, 15) is 22.8 Å². The largest absolute Gasteiger partial charge is 0.471 e. The van der Waals surface area contributed by atoms with Crippen molar-refractivity contribution < 1.29 is 27.5 Å². The molecule has 0 spiro atoms. The van der Waals surface area contributed by atoms with Crippen LogP contribution in [0.15, 0.2) is 85.5 Å². The van der Waals surface area contributed by atoms with Gasteiger partial charge in [-0.05, 0) is 116 Å². The van der Waals surface area contributed by atoms with E-state index in [4.69, 9.17) is 9.72 Å². The molecule has 0 bridgehead atoms. The van der Waals surface area contributed by atoms with Crippen LogP contribution in [0.25, 0.3) is 44.3 Å². The number of ether oxygens (including phenoxy) is 1. The molecule has 6 aromatic rings. The maximum atomic E-state index is 12.7. The van der Waals surface area contributed by atoms with Gasteiger partial charge in [-0.3, -0.25) is 14.8 Å². The van der Waals surface area contributed by atoms with Crippen molar-refractivity contribution in [3.05, 3.63) is 97.1 Å². The number of benzene rings is 2. The number of halogens is 3. The summed E-state index contributed by atoms with van der Waals surface area (Å²) in [6.45, 7) is 13.5.